The Morgan fingerprint density at radius 2 is 0.512 bits per heavy atom. The Labute approximate surface area is 268 Å². The molecule has 3 aromatic rings. The number of hydrogen-bond donors (Lipinski definition) is 0. The van der Waals surface area contributed by atoms with Gasteiger partial charge in [0, 0.05) is 0 Å². The van der Waals surface area contributed by atoms with Crippen molar-refractivity contribution >= 4 is 23.8 Å². The molecule has 0 aliphatic heterocycles. The second-order valence-corrected chi connectivity index (χ2v) is 14.7. The van der Waals surface area contributed by atoms with Crippen molar-refractivity contribution in [3.8, 4) is 0 Å². The van der Waals surface area contributed by atoms with Gasteiger partial charge in [-0.3, -0.25) is 0 Å². The number of benzene rings is 3. The average molecular weight is 599 g/mol. The van der Waals surface area contributed by atoms with Crippen LogP contribution in [0.2, 0.25) is 0 Å². The Morgan fingerprint density at radius 3 is 0.674 bits per heavy atom. The molecule has 0 aliphatic rings. The standard InChI is InChI=1S/C42H63P/c1-7-13-22-34-28-19-29-35(23-14-8-2)40(34)43(41-36(24-15-9-3)30-20-31-37(41)25-16-10-4)42-38(26-17-11-5)32-21-33-39(42)27-18-12-6/h19-21,28-33H,7-18,22-27H2,1-6H3. The number of rotatable bonds is 21. The molecule has 3 aromatic carbocycles. The molecule has 0 N–H and O–H groups in total. The van der Waals surface area contributed by atoms with Crippen molar-refractivity contribution in [3.63, 3.8) is 0 Å². The molecular weight excluding hydrogens is 535 g/mol. The summed E-state index contributed by atoms with van der Waals surface area (Å²) in [5.74, 6) is 0. The van der Waals surface area contributed by atoms with Crippen molar-refractivity contribution in [1.82, 2.24) is 0 Å². The molecule has 0 aliphatic carbocycles. The van der Waals surface area contributed by atoms with Gasteiger partial charge in [0.05, 0.1) is 0 Å². The number of aryl methyl sites for hydroxylation is 6. The van der Waals surface area contributed by atoms with Gasteiger partial charge in [-0.05, 0) is 134 Å². The molecule has 0 bridgehead atoms. The van der Waals surface area contributed by atoms with Gasteiger partial charge in [0.15, 0.2) is 0 Å². The van der Waals surface area contributed by atoms with Gasteiger partial charge in [-0.25, -0.2) is 0 Å². The van der Waals surface area contributed by atoms with E-state index in [1.165, 1.54) is 116 Å². The second-order valence-electron chi connectivity index (χ2n) is 12.7. The Balaban J connectivity index is 2.50. The molecule has 0 saturated carbocycles. The molecule has 0 spiro atoms. The quantitative estimate of drug-likeness (QED) is 0.107. The third kappa shape index (κ3) is 10.0. The summed E-state index contributed by atoms with van der Waals surface area (Å²) >= 11 is 0. The van der Waals surface area contributed by atoms with E-state index in [1.54, 1.807) is 49.3 Å². The van der Waals surface area contributed by atoms with Gasteiger partial charge in [-0.15, -0.1) is 0 Å². The third-order valence-electron chi connectivity index (χ3n) is 9.08. The number of unbranched alkanes of at least 4 members (excludes halogenated alkanes) is 6. The zero-order chi connectivity index (χ0) is 30.9. The second kappa shape index (κ2) is 20.2. The molecular formula is C42H63P. The lowest BCUT2D eigenvalue weighted by Gasteiger charge is -2.32. The summed E-state index contributed by atoms with van der Waals surface area (Å²) in [5.41, 5.74) is 9.83. The van der Waals surface area contributed by atoms with Crippen LogP contribution >= 0.6 is 7.92 Å². The van der Waals surface area contributed by atoms with E-state index in [0.29, 0.717) is 0 Å². The predicted molar refractivity (Wildman–Crippen MR) is 197 cm³/mol. The summed E-state index contributed by atoms with van der Waals surface area (Å²) in [6.07, 6.45) is 22.3. The minimum Gasteiger partial charge on any atom is -0.0654 e. The first-order chi connectivity index (χ1) is 21.1. The first-order valence-corrected chi connectivity index (χ1v) is 19.6. The molecule has 0 radical (unpaired) electrons. The van der Waals surface area contributed by atoms with Crippen molar-refractivity contribution < 1.29 is 0 Å². The highest BCUT2D eigenvalue weighted by Gasteiger charge is 2.30. The van der Waals surface area contributed by atoms with Gasteiger partial charge in [-0.2, -0.15) is 0 Å². The van der Waals surface area contributed by atoms with E-state index < -0.39 is 7.92 Å². The fourth-order valence-corrected chi connectivity index (χ4v) is 10.1. The van der Waals surface area contributed by atoms with Crippen LogP contribution in [0.4, 0.5) is 0 Å². The van der Waals surface area contributed by atoms with Crippen molar-refractivity contribution in [3.05, 3.63) is 88.0 Å². The summed E-state index contributed by atoms with van der Waals surface area (Å²) in [4.78, 5) is 0. The van der Waals surface area contributed by atoms with Gasteiger partial charge in [0.2, 0.25) is 0 Å². The maximum absolute atomic E-state index is 2.51. The molecule has 0 unspecified atom stereocenters. The van der Waals surface area contributed by atoms with Gasteiger partial charge >= 0.3 is 0 Å². The Kier molecular flexibility index (Phi) is 16.7. The lowest BCUT2D eigenvalue weighted by atomic mass is 10.0. The first-order valence-electron chi connectivity index (χ1n) is 18.3. The minimum absolute atomic E-state index is 0.670. The SMILES string of the molecule is CCCCc1cccc(CCCC)c1P(c1c(CCCC)cccc1CCCC)c1c(CCCC)cccc1CCCC. The van der Waals surface area contributed by atoms with Crippen LogP contribution in [0.25, 0.3) is 0 Å². The van der Waals surface area contributed by atoms with Crippen LogP contribution in [-0.4, -0.2) is 0 Å². The van der Waals surface area contributed by atoms with Crippen molar-refractivity contribution in [2.45, 2.75) is 157 Å². The minimum atomic E-state index is -0.670. The van der Waals surface area contributed by atoms with Crippen LogP contribution in [0.3, 0.4) is 0 Å². The first kappa shape index (κ1) is 35.6. The summed E-state index contributed by atoms with van der Waals surface area (Å²) < 4.78 is 0. The summed E-state index contributed by atoms with van der Waals surface area (Å²) in [6.45, 7) is 14.1. The van der Waals surface area contributed by atoms with Crippen molar-refractivity contribution in [2.24, 2.45) is 0 Å². The Hall–Kier alpha value is -1.91. The van der Waals surface area contributed by atoms with Crippen molar-refractivity contribution in [2.75, 3.05) is 0 Å². The molecule has 0 nitrogen and oxygen atoms in total. The smallest absolute Gasteiger partial charge is 0.00867 e. The van der Waals surface area contributed by atoms with E-state index in [0.717, 1.165) is 0 Å². The molecule has 0 fully saturated rings. The van der Waals surface area contributed by atoms with Gasteiger partial charge in [-0.1, -0.05) is 135 Å². The maximum atomic E-state index is 2.51. The number of hydrogen-bond acceptors (Lipinski definition) is 0. The molecule has 0 heterocycles. The molecule has 0 amide bonds. The fourth-order valence-electron chi connectivity index (χ4n) is 6.54. The maximum Gasteiger partial charge on any atom is -0.00867 e. The lowest BCUT2D eigenvalue weighted by molar-refractivity contribution is 0.783. The molecule has 0 saturated heterocycles. The summed E-state index contributed by atoms with van der Waals surface area (Å²) in [5, 5.41) is 5.22. The van der Waals surface area contributed by atoms with E-state index in [1.807, 2.05) is 0 Å². The van der Waals surface area contributed by atoms with Crippen LogP contribution in [0.5, 0.6) is 0 Å². The monoisotopic (exact) mass is 598 g/mol. The van der Waals surface area contributed by atoms with Gasteiger partial charge in [0.25, 0.3) is 0 Å². The Morgan fingerprint density at radius 1 is 0.326 bits per heavy atom. The largest absolute Gasteiger partial charge is 0.0654 e. The molecule has 3 rings (SSSR count). The van der Waals surface area contributed by atoms with Crippen LogP contribution in [0, 0.1) is 0 Å². The topological polar surface area (TPSA) is 0 Å². The summed E-state index contributed by atoms with van der Waals surface area (Å²) in [6, 6.07) is 22.2. The van der Waals surface area contributed by atoms with Gasteiger partial charge < -0.3 is 0 Å². The van der Waals surface area contributed by atoms with Crippen LogP contribution < -0.4 is 15.9 Å². The van der Waals surface area contributed by atoms with Crippen LogP contribution in [-0.2, 0) is 38.5 Å². The van der Waals surface area contributed by atoms with E-state index in [9.17, 15) is 0 Å². The Bertz CT molecular complexity index is 976. The highest BCUT2D eigenvalue weighted by Crippen LogP contribution is 2.42. The van der Waals surface area contributed by atoms with E-state index in [4.69, 9.17) is 0 Å². The van der Waals surface area contributed by atoms with E-state index in [-0.39, 0.29) is 0 Å². The normalized spacial score (nSPS) is 11.5. The third-order valence-corrected chi connectivity index (χ3v) is 12.1. The zero-order valence-corrected chi connectivity index (χ0v) is 29.8. The highest BCUT2D eigenvalue weighted by molar-refractivity contribution is 7.80. The molecule has 1 heteroatoms. The molecule has 0 aromatic heterocycles. The molecule has 0 atom stereocenters. The van der Waals surface area contributed by atoms with Crippen LogP contribution in [0.1, 0.15) is 152 Å². The lowest BCUT2D eigenvalue weighted by Crippen LogP contribution is -2.33. The highest BCUT2D eigenvalue weighted by atomic mass is 31.1. The van der Waals surface area contributed by atoms with E-state index in [2.05, 4.69) is 96.1 Å². The predicted octanol–water partition coefficient (Wildman–Crippen LogP) is 11.5. The molecule has 236 valence electrons. The van der Waals surface area contributed by atoms with E-state index >= 15 is 0 Å². The average Bonchev–Trinajstić information content (AvgIpc) is 3.04. The fraction of sp³-hybridized carbons (Fsp3) is 0.571. The summed E-state index contributed by atoms with van der Waals surface area (Å²) in [7, 11) is -0.670. The zero-order valence-electron chi connectivity index (χ0n) is 28.9. The molecule has 43 heavy (non-hydrogen) atoms. The van der Waals surface area contributed by atoms with Crippen LogP contribution in [0.15, 0.2) is 54.6 Å². The van der Waals surface area contributed by atoms with Gasteiger partial charge in [0.1, 0.15) is 0 Å². The van der Waals surface area contributed by atoms with Crippen molar-refractivity contribution in [1.29, 1.82) is 0 Å².